The molecule has 2 fully saturated rings. The fraction of sp³-hybridized carbons (Fsp3) is 0.562. The van der Waals surface area contributed by atoms with Crippen LogP contribution in [0, 0.1) is 11.7 Å². The van der Waals surface area contributed by atoms with Gasteiger partial charge in [-0.3, -0.25) is 4.79 Å². The van der Waals surface area contributed by atoms with Gasteiger partial charge in [0.1, 0.15) is 5.82 Å². The van der Waals surface area contributed by atoms with Gasteiger partial charge >= 0.3 is 6.18 Å². The van der Waals surface area contributed by atoms with Crippen LogP contribution in [0.1, 0.15) is 31.2 Å². The molecule has 0 radical (unpaired) electrons. The quantitative estimate of drug-likeness (QED) is 0.763. The van der Waals surface area contributed by atoms with E-state index in [-0.39, 0.29) is 24.7 Å². The van der Waals surface area contributed by atoms with Gasteiger partial charge in [-0.25, -0.2) is 4.39 Å². The number of likely N-dealkylation sites (tertiary alicyclic amines) is 1. The van der Waals surface area contributed by atoms with Gasteiger partial charge in [0.15, 0.2) is 0 Å². The lowest BCUT2D eigenvalue weighted by Gasteiger charge is -2.36. The first-order valence-electron chi connectivity index (χ1n) is 7.45. The van der Waals surface area contributed by atoms with Crippen molar-refractivity contribution in [2.24, 2.45) is 5.92 Å². The highest BCUT2D eigenvalue weighted by molar-refractivity contribution is 5.91. The van der Waals surface area contributed by atoms with Gasteiger partial charge in [-0.05, 0) is 43.4 Å². The van der Waals surface area contributed by atoms with Gasteiger partial charge in [0.2, 0.25) is 5.91 Å². The zero-order chi connectivity index (χ0) is 16.0. The molecule has 2 nitrogen and oxygen atoms in total. The van der Waals surface area contributed by atoms with Crippen LogP contribution in [-0.4, -0.2) is 30.1 Å². The molecule has 1 aliphatic carbocycles. The Bertz CT molecular complexity index is 563. The number of hydrogen-bond acceptors (Lipinski definition) is 1. The molecule has 2 aliphatic rings. The summed E-state index contributed by atoms with van der Waals surface area (Å²) >= 11 is 0. The fourth-order valence-corrected chi connectivity index (χ4v) is 3.25. The molecule has 0 spiro atoms. The number of alkyl halides is 3. The molecule has 1 aliphatic heterocycles. The lowest BCUT2D eigenvalue weighted by atomic mass is 9.91. The molecule has 22 heavy (non-hydrogen) atoms. The van der Waals surface area contributed by atoms with E-state index >= 15 is 0 Å². The maximum Gasteiger partial charge on any atom is 0.393 e. The molecule has 1 saturated carbocycles. The van der Waals surface area contributed by atoms with Crippen molar-refractivity contribution >= 4 is 5.91 Å². The molecule has 0 aromatic heterocycles. The normalized spacial score (nSPS) is 24.2. The third kappa shape index (κ3) is 2.71. The van der Waals surface area contributed by atoms with Crippen molar-refractivity contribution in [3.05, 3.63) is 35.6 Å². The third-order valence-electron chi connectivity index (χ3n) is 4.73. The monoisotopic (exact) mass is 315 g/mol. The number of piperidine rings is 1. The summed E-state index contributed by atoms with van der Waals surface area (Å²) in [6.07, 6.45) is -2.58. The summed E-state index contributed by atoms with van der Waals surface area (Å²) in [6, 6.07) is 5.70. The summed E-state index contributed by atoms with van der Waals surface area (Å²) in [4.78, 5) is 14.1. The first kappa shape index (κ1) is 15.3. The third-order valence-corrected chi connectivity index (χ3v) is 4.73. The van der Waals surface area contributed by atoms with Crippen LogP contribution in [0.15, 0.2) is 24.3 Å². The van der Waals surface area contributed by atoms with Crippen molar-refractivity contribution in [1.29, 1.82) is 0 Å². The molecule has 0 bridgehead atoms. The van der Waals surface area contributed by atoms with Gasteiger partial charge in [-0.2, -0.15) is 13.2 Å². The minimum absolute atomic E-state index is 0.0802. The molecular weight excluding hydrogens is 298 g/mol. The second-order valence-electron chi connectivity index (χ2n) is 6.22. The second-order valence-corrected chi connectivity index (χ2v) is 6.22. The van der Waals surface area contributed by atoms with E-state index in [1.54, 1.807) is 12.1 Å². The van der Waals surface area contributed by atoms with Crippen molar-refractivity contribution in [3.63, 3.8) is 0 Å². The number of hydrogen-bond donors (Lipinski definition) is 0. The smallest absolute Gasteiger partial charge is 0.341 e. The number of benzene rings is 1. The Morgan fingerprint density at radius 3 is 2.36 bits per heavy atom. The van der Waals surface area contributed by atoms with Crippen molar-refractivity contribution in [3.8, 4) is 0 Å². The van der Waals surface area contributed by atoms with Crippen LogP contribution < -0.4 is 0 Å². The first-order chi connectivity index (χ1) is 10.3. The minimum atomic E-state index is -4.26. The zero-order valence-electron chi connectivity index (χ0n) is 12.0. The van der Waals surface area contributed by atoms with Gasteiger partial charge in [0.25, 0.3) is 0 Å². The van der Waals surface area contributed by atoms with E-state index < -0.39 is 17.5 Å². The highest BCUT2D eigenvalue weighted by Crippen LogP contribution is 2.50. The highest BCUT2D eigenvalue weighted by Gasteiger charge is 2.54. The molecule has 3 rings (SSSR count). The number of carbonyl (C=O) groups excluding carboxylic acids is 1. The Morgan fingerprint density at radius 2 is 1.82 bits per heavy atom. The minimum Gasteiger partial charge on any atom is -0.341 e. The van der Waals surface area contributed by atoms with E-state index in [0.29, 0.717) is 31.4 Å². The molecule has 1 amide bonds. The van der Waals surface area contributed by atoms with E-state index in [1.807, 2.05) is 0 Å². The van der Waals surface area contributed by atoms with Gasteiger partial charge in [-0.15, -0.1) is 0 Å². The molecule has 1 heterocycles. The molecule has 0 N–H and O–H groups in total. The molecule has 1 aromatic rings. The predicted molar refractivity (Wildman–Crippen MR) is 72.7 cm³/mol. The van der Waals surface area contributed by atoms with Gasteiger partial charge < -0.3 is 4.90 Å². The first-order valence-corrected chi connectivity index (χ1v) is 7.45. The lowest BCUT2D eigenvalue weighted by Crippen LogP contribution is -2.48. The summed E-state index contributed by atoms with van der Waals surface area (Å²) in [5.74, 6) is -2.07. The summed E-state index contributed by atoms with van der Waals surface area (Å²) in [7, 11) is 0. The fourth-order valence-electron chi connectivity index (χ4n) is 3.25. The van der Waals surface area contributed by atoms with Crippen molar-refractivity contribution in [2.45, 2.75) is 37.3 Å². The number of halogens is 4. The maximum atomic E-state index is 13.0. The predicted octanol–water partition coefficient (Wildman–Crippen LogP) is 3.66. The average Bonchev–Trinajstić information content (AvgIpc) is 3.28. The van der Waals surface area contributed by atoms with E-state index in [1.165, 1.54) is 17.0 Å². The van der Waals surface area contributed by atoms with Gasteiger partial charge in [0.05, 0.1) is 11.3 Å². The summed E-state index contributed by atoms with van der Waals surface area (Å²) in [6.45, 7) is 0.111. The van der Waals surface area contributed by atoms with Crippen molar-refractivity contribution in [2.75, 3.05) is 13.1 Å². The Morgan fingerprint density at radius 1 is 1.18 bits per heavy atom. The van der Waals surface area contributed by atoms with E-state index in [4.69, 9.17) is 0 Å². The van der Waals surface area contributed by atoms with Gasteiger partial charge in [0, 0.05) is 13.1 Å². The molecule has 6 heteroatoms. The molecule has 120 valence electrons. The Hall–Kier alpha value is -1.59. The maximum absolute atomic E-state index is 13.0. The second kappa shape index (κ2) is 5.25. The van der Waals surface area contributed by atoms with Crippen LogP contribution in [0.4, 0.5) is 17.6 Å². The standard InChI is InChI=1S/C16H17F4NO/c17-13-5-3-11(4-6-13)15(7-8-15)14(22)21-9-1-2-12(10-21)16(18,19)20/h3-6,12H,1-2,7-10H2/t12-/m1/s1. The number of carbonyl (C=O) groups is 1. The van der Waals surface area contributed by atoms with Crippen molar-refractivity contribution < 1.29 is 22.4 Å². The molecule has 1 aromatic carbocycles. The van der Waals surface area contributed by atoms with Gasteiger partial charge in [-0.1, -0.05) is 12.1 Å². The Labute approximate surface area is 126 Å². The van der Waals surface area contributed by atoms with Crippen LogP contribution in [0.2, 0.25) is 0 Å². The Balaban J connectivity index is 1.77. The molecule has 1 atom stereocenters. The van der Waals surface area contributed by atoms with E-state index in [0.717, 1.165) is 0 Å². The molecular formula is C16H17F4NO. The number of amides is 1. The Kier molecular flexibility index (Phi) is 3.65. The largest absolute Gasteiger partial charge is 0.393 e. The summed E-state index contributed by atoms with van der Waals surface area (Å²) in [5.41, 5.74) is -0.0331. The van der Waals surface area contributed by atoms with E-state index in [9.17, 15) is 22.4 Å². The van der Waals surface area contributed by atoms with Crippen LogP contribution in [-0.2, 0) is 10.2 Å². The number of nitrogens with zero attached hydrogens (tertiary/aromatic N) is 1. The van der Waals surface area contributed by atoms with Crippen LogP contribution in [0.5, 0.6) is 0 Å². The molecule has 1 saturated heterocycles. The zero-order valence-corrected chi connectivity index (χ0v) is 12.0. The van der Waals surface area contributed by atoms with Crippen LogP contribution >= 0.6 is 0 Å². The van der Waals surface area contributed by atoms with Crippen LogP contribution in [0.3, 0.4) is 0 Å². The molecule has 0 unspecified atom stereocenters. The SMILES string of the molecule is O=C(N1CCC[C@@H](C(F)(F)F)C1)C1(c2ccc(F)cc2)CC1. The van der Waals surface area contributed by atoms with Crippen LogP contribution in [0.25, 0.3) is 0 Å². The lowest BCUT2D eigenvalue weighted by molar-refractivity contribution is -0.188. The van der Waals surface area contributed by atoms with Crippen molar-refractivity contribution in [1.82, 2.24) is 4.90 Å². The number of rotatable bonds is 2. The average molecular weight is 315 g/mol. The highest BCUT2D eigenvalue weighted by atomic mass is 19.4. The van der Waals surface area contributed by atoms with E-state index in [2.05, 4.69) is 0 Å². The summed E-state index contributed by atoms with van der Waals surface area (Å²) < 4.78 is 51.6. The topological polar surface area (TPSA) is 20.3 Å². The summed E-state index contributed by atoms with van der Waals surface area (Å²) in [5, 5.41) is 0.